The minimum Gasteiger partial charge on any atom is -0.463 e. The summed E-state index contributed by atoms with van der Waals surface area (Å²) in [5.74, 6) is 1.59. The van der Waals surface area contributed by atoms with Crippen molar-refractivity contribution in [1.29, 1.82) is 0 Å². The van der Waals surface area contributed by atoms with Gasteiger partial charge in [-0.05, 0) is 81.0 Å². The van der Waals surface area contributed by atoms with E-state index in [1.54, 1.807) is 0 Å². The summed E-state index contributed by atoms with van der Waals surface area (Å²) in [7, 11) is 0. The second-order valence-corrected chi connectivity index (χ2v) is 9.61. The van der Waals surface area contributed by atoms with Gasteiger partial charge in [-0.25, -0.2) is 4.39 Å². The zero-order chi connectivity index (χ0) is 18.0. The van der Waals surface area contributed by atoms with Crippen molar-refractivity contribution in [3.63, 3.8) is 0 Å². The molecule has 0 heterocycles. The number of ketones is 1. The molecule has 0 spiro atoms. The normalized spacial score (nSPS) is 52.1. The predicted octanol–water partition coefficient (Wildman–Crippen LogP) is 4.48. The van der Waals surface area contributed by atoms with Gasteiger partial charge in [-0.2, -0.15) is 0 Å². The first-order valence-electron chi connectivity index (χ1n) is 10.1. The number of alkyl halides is 1. The Hall–Kier alpha value is -0.930. The van der Waals surface area contributed by atoms with Gasteiger partial charge in [0.1, 0.15) is 18.1 Å². The molecule has 0 N–H and O–H groups in total. The summed E-state index contributed by atoms with van der Waals surface area (Å²) < 4.78 is 20.7. The zero-order valence-corrected chi connectivity index (χ0v) is 15.7. The molecule has 4 fully saturated rings. The molecular weight excluding hydrogens is 319 g/mol. The van der Waals surface area contributed by atoms with E-state index in [0.29, 0.717) is 30.6 Å². The van der Waals surface area contributed by atoms with Crippen LogP contribution in [0.1, 0.15) is 72.1 Å². The molecule has 0 aromatic carbocycles. The fourth-order valence-electron chi connectivity index (χ4n) is 7.26. The Morgan fingerprint density at radius 1 is 1.12 bits per heavy atom. The molecule has 4 aliphatic carbocycles. The summed E-state index contributed by atoms with van der Waals surface area (Å²) >= 11 is 0. The average Bonchev–Trinajstić information content (AvgIpc) is 2.86. The third-order valence-corrected chi connectivity index (χ3v) is 8.71. The van der Waals surface area contributed by atoms with Gasteiger partial charge in [0.2, 0.25) is 0 Å². The highest BCUT2D eigenvalue weighted by Crippen LogP contribution is 2.66. The lowest BCUT2D eigenvalue weighted by molar-refractivity contribution is -0.167. The van der Waals surface area contributed by atoms with Crippen LogP contribution in [0, 0.1) is 34.5 Å². The van der Waals surface area contributed by atoms with E-state index in [1.807, 2.05) is 6.92 Å². The van der Waals surface area contributed by atoms with Crippen LogP contribution in [0.5, 0.6) is 0 Å². The molecule has 0 amide bonds. The second-order valence-electron chi connectivity index (χ2n) is 9.61. The molecule has 4 saturated carbocycles. The zero-order valence-electron chi connectivity index (χ0n) is 15.7. The first-order valence-corrected chi connectivity index (χ1v) is 10.1. The number of hydrogen-bond acceptors (Lipinski definition) is 3. The summed E-state index contributed by atoms with van der Waals surface area (Å²) in [5, 5.41) is 0. The lowest BCUT2D eigenvalue weighted by Gasteiger charge is -2.60. The molecule has 0 saturated heterocycles. The molecule has 3 nitrogen and oxygen atoms in total. The summed E-state index contributed by atoms with van der Waals surface area (Å²) in [6, 6.07) is 0. The number of halogens is 1. The maximum atomic E-state index is 15.2. The van der Waals surface area contributed by atoms with Crippen LogP contribution in [-0.2, 0) is 14.3 Å². The minimum atomic E-state index is -0.990. The summed E-state index contributed by atoms with van der Waals surface area (Å²) in [4.78, 5) is 23.7. The van der Waals surface area contributed by atoms with Crippen molar-refractivity contribution < 1.29 is 18.7 Å². The summed E-state index contributed by atoms with van der Waals surface area (Å²) in [6.07, 6.45) is 6.13. The number of esters is 1. The summed E-state index contributed by atoms with van der Waals surface area (Å²) in [6.45, 7) is 5.74. The van der Waals surface area contributed by atoms with Gasteiger partial charge in [0.05, 0.1) is 5.41 Å². The Morgan fingerprint density at radius 2 is 1.88 bits per heavy atom. The predicted molar refractivity (Wildman–Crippen MR) is 92.6 cm³/mol. The van der Waals surface area contributed by atoms with Crippen LogP contribution >= 0.6 is 0 Å². The fourth-order valence-corrected chi connectivity index (χ4v) is 7.26. The number of carbonyl (C=O) groups is 2. The molecule has 140 valence electrons. The lowest BCUT2D eigenvalue weighted by Crippen LogP contribution is -2.57. The van der Waals surface area contributed by atoms with Crippen molar-refractivity contribution in [2.24, 2.45) is 34.5 Å². The molecule has 0 bridgehead atoms. The van der Waals surface area contributed by atoms with Gasteiger partial charge in [0, 0.05) is 13.3 Å². The van der Waals surface area contributed by atoms with E-state index in [1.165, 1.54) is 6.92 Å². The fraction of sp³-hybridized carbons (Fsp3) is 0.905. The molecule has 4 aliphatic rings. The maximum Gasteiger partial charge on any atom is 0.302 e. The Kier molecular flexibility index (Phi) is 4.05. The number of ether oxygens (including phenoxy) is 1. The molecule has 0 aromatic heterocycles. The quantitative estimate of drug-likeness (QED) is 0.655. The Bertz CT molecular complexity index is 590. The van der Waals surface area contributed by atoms with Crippen LogP contribution in [0.15, 0.2) is 0 Å². The van der Waals surface area contributed by atoms with E-state index in [4.69, 9.17) is 4.74 Å². The first kappa shape index (κ1) is 17.5. The lowest BCUT2D eigenvalue weighted by atomic mass is 9.45. The van der Waals surface area contributed by atoms with Crippen molar-refractivity contribution in [2.45, 2.75) is 84.4 Å². The van der Waals surface area contributed by atoms with Crippen LogP contribution < -0.4 is 0 Å². The number of Topliss-reactive ketones (excluding diaryl/α,β-unsaturated/α-hetero) is 1. The van der Waals surface area contributed by atoms with Crippen molar-refractivity contribution in [1.82, 2.24) is 0 Å². The van der Waals surface area contributed by atoms with Gasteiger partial charge >= 0.3 is 5.97 Å². The molecule has 0 aromatic rings. The summed E-state index contributed by atoms with van der Waals surface area (Å²) in [5.41, 5.74) is -0.587. The van der Waals surface area contributed by atoms with Gasteiger partial charge in [-0.3, -0.25) is 9.59 Å². The second kappa shape index (κ2) is 5.79. The molecular formula is C21H31FO3. The largest absolute Gasteiger partial charge is 0.463 e. The van der Waals surface area contributed by atoms with Gasteiger partial charge in [0.15, 0.2) is 0 Å². The molecule has 4 heteroatoms. The Balaban J connectivity index is 1.58. The Morgan fingerprint density at radius 3 is 2.60 bits per heavy atom. The Labute approximate surface area is 150 Å². The third kappa shape index (κ3) is 2.42. The van der Waals surface area contributed by atoms with Gasteiger partial charge in [0.25, 0.3) is 0 Å². The standard InChI is InChI=1S/C21H31FO3/c1-12(23)25-14-8-9-20(2)13(10-14)4-5-15-16-6-7-19(24)21(16,3)18(22)11-17(15)20/h13-18H,4-11H2,1-3H3/t13?,14-,15?,16?,17?,18+,20-,21+/m0/s1. The van der Waals surface area contributed by atoms with E-state index >= 15 is 4.39 Å². The SMILES string of the molecule is CC(=O)O[C@H]1CC[C@@]2(C)C(CCC3C2C[C@@H](F)[C@]2(C)C(=O)CCC32)C1. The van der Waals surface area contributed by atoms with Crippen molar-refractivity contribution in [2.75, 3.05) is 0 Å². The van der Waals surface area contributed by atoms with E-state index < -0.39 is 11.6 Å². The molecule has 0 radical (unpaired) electrons. The molecule has 25 heavy (non-hydrogen) atoms. The van der Waals surface area contributed by atoms with Crippen LogP contribution in [0.4, 0.5) is 4.39 Å². The third-order valence-electron chi connectivity index (χ3n) is 8.71. The van der Waals surface area contributed by atoms with Crippen LogP contribution in [-0.4, -0.2) is 24.0 Å². The van der Waals surface area contributed by atoms with Crippen molar-refractivity contribution in [3.05, 3.63) is 0 Å². The monoisotopic (exact) mass is 350 g/mol. The van der Waals surface area contributed by atoms with Gasteiger partial charge in [-0.15, -0.1) is 0 Å². The van der Waals surface area contributed by atoms with Crippen LogP contribution in [0.3, 0.4) is 0 Å². The maximum absolute atomic E-state index is 15.2. The van der Waals surface area contributed by atoms with Gasteiger partial charge < -0.3 is 4.74 Å². The number of carbonyl (C=O) groups excluding carboxylic acids is 2. The highest BCUT2D eigenvalue weighted by atomic mass is 19.1. The molecule has 4 unspecified atom stereocenters. The van der Waals surface area contributed by atoms with E-state index in [9.17, 15) is 9.59 Å². The number of rotatable bonds is 1. The number of fused-ring (bicyclic) bond motifs is 5. The van der Waals surface area contributed by atoms with E-state index in [2.05, 4.69) is 6.92 Å². The highest BCUT2D eigenvalue weighted by molar-refractivity contribution is 5.87. The van der Waals surface area contributed by atoms with Crippen molar-refractivity contribution in [3.8, 4) is 0 Å². The van der Waals surface area contributed by atoms with Gasteiger partial charge in [-0.1, -0.05) is 6.92 Å². The van der Waals surface area contributed by atoms with Crippen molar-refractivity contribution >= 4 is 11.8 Å². The molecule has 0 aliphatic heterocycles. The van der Waals surface area contributed by atoms with E-state index in [-0.39, 0.29) is 29.2 Å². The van der Waals surface area contributed by atoms with E-state index in [0.717, 1.165) is 38.5 Å². The molecule has 4 rings (SSSR count). The highest BCUT2D eigenvalue weighted by Gasteiger charge is 2.64. The molecule has 8 atom stereocenters. The topological polar surface area (TPSA) is 43.4 Å². The van der Waals surface area contributed by atoms with Crippen LogP contribution in [0.2, 0.25) is 0 Å². The smallest absolute Gasteiger partial charge is 0.302 e. The number of hydrogen-bond donors (Lipinski definition) is 0. The average molecular weight is 350 g/mol. The van der Waals surface area contributed by atoms with Crippen LogP contribution in [0.25, 0.3) is 0 Å². The first-order chi connectivity index (χ1) is 11.8. The minimum absolute atomic E-state index is 0.0372.